The van der Waals surface area contributed by atoms with Crippen molar-refractivity contribution in [1.82, 2.24) is 29.5 Å². The van der Waals surface area contributed by atoms with E-state index in [9.17, 15) is 9.90 Å². The summed E-state index contributed by atoms with van der Waals surface area (Å²) in [4.78, 5) is 34.3. The maximum Gasteiger partial charge on any atom is 0.407 e. The van der Waals surface area contributed by atoms with Crippen molar-refractivity contribution in [2.75, 3.05) is 60.5 Å². The molecule has 3 aliphatic rings. The zero-order valence-electron chi connectivity index (χ0n) is 22.2. The van der Waals surface area contributed by atoms with Gasteiger partial charge in [0.25, 0.3) is 0 Å². The number of piperazine rings is 1. The summed E-state index contributed by atoms with van der Waals surface area (Å²) in [7, 11) is 0. The Morgan fingerprint density at radius 2 is 1.79 bits per heavy atom. The quantitative estimate of drug-likeness (QED) is 0.425. The van der Waals surface area contributed by atoms with Gasteiger partial charge in [0.1, 0.15) is 23.8 Å². The molecule has 4 aromatic rings. The predicted octanol–water partition coefficient (Wildman–Crippen LogP) is 3.72. The molecule has 1 amide bonds. The predicted molar refractivity (Wildman–Crippen MR) is 150 cm³/mol. The Kier molecular flexibility index (Phi) is 5.86. The summed E-state index contributed by atoms with van der Waals surface area (Å²) in [6.07, 6.45) is 5.22. The Morgan fingerprint density at radius 1 is 0.949 bits per heavy atom. The van der Waals surface area contributed by atoms with E-state index in [0.717, 1.165) is 78.6 Å². The number of piperidine rings is 1. The van der Waals surface area contributed by atoms with E-state index in [2.05, 4.69) is 50.9 Å². The average molecular weight is 528 g/mol. The number of benzene rings is 1. The van der Waals surface area contributed by atoms with Gasteiger partial charge < -0.3 is 24.7 Å². The maximum absolute atomic E-state index is 11.5. The zero-order chi connectivity index (χ0) is 26.5. The van der Waals surface area contributed by atoms with Gasteiger partial charge in [0.05, 0.1) is 17.3 Å². The molecule has 6 heterocycles. The summed E-state index contributed by atoms with van der Waals surface area (Å²) >= 11 is 0. The lowest BCUT2D eigenvalue weighted by Crippen LogP contribution is -2.49. The molecule has 0 aliphatic carbocycles. The van der Waals surface area contributed by atoms with Gasteiger partial charge >= 0.3 is 6.09 Å². The third-order valence-corrected chi connectivity index (χ3v) is 8.44. The van der Waals surface area contributed by atoms with Crippen molar-refractivity contribution in [3.63, 3.8) is 0 Å². The summed E-state index contributed by atoms with van der Waals surface area (Å²) in [5.74, 6) is 2.91. The summed E-state index contributed by atoms with van der Waals surface area (Å²) in [5.41, 5.74) is 3.96. The van der Waals surface area contributed by atoms with Crippen molar-refractivity contribution in [2.45, 2.75) is 38.6 Å². The van der Waals surface area contributed by atoms with Crippen LogP contribution in [-0.2, 0) is 0 Å². The Bertz CT molecular complexity index is 1540. The first-order chi connectivity index (χ1) is 19.1. The van der Waals surface area contributed by atoms with Crippen LogP contribution >= 0.6 is 0 Å². The molecular formula is C28H33N9O2. The molecule has 3 aromatic heterocycles. The van der Waals surface area contributed by atoms with Crippen LogP contribution in [0.4, 0.5) is 22.2 Å². The van der Waals surface area contributed by atoms with E-state index in [4.69, 9.17) is 15.1 Å². The van der Waals surface area contributed by atoms with Crippen LogP contribution in [0.25, 0.3) is 16.6 Å². The minimum atomic E-state index is -0.859. The van der Waals surface area contributed by atoms with Crippen LogP contribution in [-0.4, -0.2) is 86.5 Å². The Hall–Kier alpha value is -4.15. The molecule has 1 atom stereocenters. The Morgan fingerprint density at radius 3 is 2.56 bits per heavy atom. The molecule has 1 N–H and O–H groups in total. The minimum absolute atomic E-state index is 0.0855. The van der Waals surface area contributed by atoms with Crippen molar-refractivity contribution in [1.29, 1.82) is 0 Å². The number of carboxylic acid groups (broad SMARTS) is 1. The van der Waals surface area contributed by atoms with E-state index in [1.54, 1.807) is 6.33 Å². The zero-order valence-corrected chi connectivity index (χ0v) is 22.2. The van der Waals surface area contributed by atoms with Gasteiger partial charge in [0, 0.05) is 63.3 Å². The fourth-order valence-corrected chi connectivity index (χ4v) is 6.16. The molecule has 11 heteroatoms. The number of anilines is 3. The minimum Gasteiger partial charge on any atom is -0.465 e. The van der Waals surface area contributed by atoms with Crippen molar-refractivity contribution in [2.24, 2.45) is 0 Å². The molecular weight excluding hydrogens is 494 g/mol. The number of hydrogen-bond acceptors (Lipinski definition) is 8. The number of amides is 1. The molecule has 0 saturated carbocycles. The van der Waals surface area contributed by atoms with Gasteiger partial charge in [-0.2, -0.15) is 9.61 Å². The van der Waals surface area contributed by atoms with E-state index in [-0.39, 0.29) is 6.04 Å². The highest BCUT2D eigenvalue weighted by molar-refractivity contribution is 5.92. The first-order valence-electron chi connectivity index (χ1n) is 13.9. The molecule has 1 unspecified atom stereocenters. The standard InChI is InChI=1S/C28H33N9O2/c1-19-6-4-7-20-26(19)27(30-18-29-20)36-11-3-2-8-22(36)21-16-24-31-23(33-9-5-10-33)17-25(37(24)32-21)34-12-14-35(15-13-34)28(38)39/h4,6-7,16-18,22H,2-3,5,8-15H2,1H3,(H,38,39). The highest BCUT2D eigenvalue weighted by Crippen LogP contribution is 2.38. The topological polar surface area (TPSA) is 106 Å². The number of hydrogen-bond donors (Lipinski definition) is 1. The Labute approximate surface area is 226 Å². The molecule has 11 nitrogen and oxygen atoms in total. The van der Waals surface area contributed by atoms with Crippen molar-refractivity contribution >= 4 is 40.1 Å². The summed E-state index contributed by atoms with van der Waals surface area (Å²) in [5, 5.41) is 15.7. The van der Waals surface area contributed by atoms with Gasteiger partial charge in [-0.1, -0.05) is 12.1 Å². The molecule has 3 fully saturated rings. The highest BCUT2D eigenvalue weighted by atomic mass is 16.4. The van der Waals surface area contributed by atoms with E-state index in [1.807, 2.05) is 10.6 Å². The highest BCUT2D eigenvalue weighted by Gasteiger charge is 2.31. The first-order valence-corrected chi connectivity index (χ1v) is 13.9. The average Bonchev–Trinajstić information content (AvgIpc) is 3.36. The summed E-state index contributed by atoms with van der Waals surface area (Å²) in [6, 6.07) is 10.6. The second-order valence-electron chi connectivity index (χ2n) is 10.8. The number of carbonyl (C=O) groups is 1. The molecule has 1 aromatic carbocycles. The lowest BCUT2D eigenvalue weighted by atomic mass is 9.98. The molecule has 202 valence electrons. The maximum atomic E-state index is 11.5. The van der Waals surface area contributed by atoms with Gasteiger partial charge in [0.2, 0.25) is 0 Å². The molecule has 7 rings (SSSR count). The molecule has 39 heavy (non-hydrogen) atoms. The van der Waals surface area contributed by atoms with Crippen LogP contribution in [0.15, 0.2) is 36.7 Å². The monoisotopic (exact) mass is 527 g/mol. The fourth-order valence-electron chi connectivity index (χ4n) is 6.16. The van der Waals surface area contributed by atoms with E-state index in [1.165, 1.54) is 16.9 Å². The van der Waals surface area contributed by atoms with Crippen LogP contribution in [0.1, 0.15) is 43.0 Å². The van der Waals surface area contributed by atoms with Crippen LogP contribution < -0.4 is 14.7 Å². The fraction of sp³-hybridized carbons (Fsp3) is 0.464. The SMILES string of the molecule is Cc1cccc2ncnc(N3CCCCC3c3cc4nc(N5CCC5)cc(N5CCN(C(=O)O)CC5)n4n3)c12. The first kappa shape index (κ1) is 23.9. The van der Waals surface area contributed by atoms with E-state index >= 15 is 0 Å². The number of fused-ring (bicyclic) bond motifs is 2. The van der Waals surface area contributed by atoms with Gasteiger partial charge in [-0.3, -0.25) is 0 Å². The summed E-state index contributed by atoms with van der Waals surface area (Å²) in [6.45, 7) is 7.25. The van der Waals surface area contributed by atoms with Crippen LogP contribution in [0.5, 0.6) is 0 Å². The van der Waals surface area contributed by atoms with Crippen molar-refractivity contribution < 1.29 is 9.90 Å². The molecule has 3 aliphatic heterocycles. The van der Waals surface area contributed by atoms with Gasteiger partial charge in [0.15, 0.2) is 5.65 Å². The van der Waals surface area contributed by atoms with Crippen LogP contribution in [0.3, 0.4) is 0 Å². The molecule has 0 spiro atoms. The van der Waals surface area contributed by atoms with Gasteiger partial charge in [-0.05, 0) is 44.2 Å². The number of aryl methyl sites for hydroxylation is 1. The Balaban J connectivity index is 1.30. The lowest BCUT2D eigenvalue weighted by molar-refractivity contribution is 0.142. The van der Waals surface area contributed by atoms with Gasteiger partial charge in [-0.25, -0.2) is 19.7 Å². The number of nitrogens with zero attached hydrogens (tertiary/aromatic N) is 9. The molecule has 0 bridgehead atoms. The molecule has 3 saturated heterocycles. The lowest BCUT2D eigenvalue weighted by Gasteiger charge is -2.36. The second-order valence-corrected chi connectivity index (χ2v) is 10.8. The van der Waals surface area contributed by atoms with Crippen molar-refractivity contribution in [3.8, 4) is 0 Å². The smallest absolute Gasteiger partial charge is 0.407 e. The number of rotatable bonds is 4. The second kappa shape index (κ2) is 9.55. The number of aromatic nitrogens is 5. The van der Waals surface area contributed by atoms with E-state index in [0.29, 0.717) is 26.2 Å². The largest absolute Gasteiger partial charge is 0.465 e. The van der Waals surface area contributed by atoms with E-state index < -0.39 is 6.09 Å². The molecule has 0 radical (unpaired) electrons. The normalized spacial score (nSPS) is 20.1. The third-order valence-electron chi connectivity index (χ3n) is 8.44. The summed E-state index contributed by atoms with van der Waals surface area (Å²) < 4.78 is 1.96. The van der Waals surface area contributed by atoms with Gasteiger partial charge in [-0.15, -0.1) is 0 Å². The van der Waals surface area contributed by atoms with Crippen LogP contribution in [0, 0.1) is 6.92 Å². The van der Waals surface area contributed by atoms with Crippen molar-refractivity contribution in [3.05, 3.63) is 47.9 Å². The van der Waals surface area contributed by atoms with Crippen LogP contribution in [0.2, 0.25) is 0 Å². The third kappa shape index (κ3) is 4.16.